The van der Waals surface area contributed by atoms with Gasteiger partial charge >= 0.3 is 0 Å². The fourth-order valence-electron chi connectivity index (χ4n) is 2.59. The van der Waals surface area contributed by atoms with Crippen LogP contribution in [0.2, 0.25) is 0 Å². The Morgan fingerprint density at radius 1 is 1.43 bits per heavy atom. The van der Waals surface area contributed by atoms with Crippen molar-refractivity contribution >= 4 is 10.2 Å². The fourth-order valence-corrected chi connectivity index (χ4v) is 3.88. The van der Waals surface area contributed by atoms with Gasteiger partial charge in [0.15, 0.2) is 0 Å². The topological polar surface area (TPSA) is 74.6 Å². The molecule has 0 bridgehead atoms. The van der Waals surface area contributed by atoms with Crippen molar-refractivity contribution in [2.45, 2.75) is 33.2 Å². The Morgan fingerprint density at radius 3 is 2.90 bits per heavy atom. The summed E-state index contributed by atoms with van der Waals surface area (Å²) in [5.41, 5.74) is 0. The number of aryl methyl sites for hydroxylation is 1. The molecule has 1 aliphatic rings. The molecule has 1 aromatic rings. The minimum Gasteiger partial charge on any atom is -0.465 e. The molecular weight excluding hydrogens is 290 g/mol. The van der Waals surface area contributed by atoms with Crippen LogP contribution < -0.4 is 10.0 Å². The molecule has 1 fully saturated rings. The average molecular weight is 315 g/mol. The molecule has 0 spiro atoms. The SMILES string of the molecule is CCNCC1CCCN(S(=O)(=O)NCc2ccc(C)o2)C1. The van der Waals surface area contributed by atoms with E-state index in [1.807, 2.05) is 13.0 Å². The Labute approximate surface area is 127 Å². The van der Waals surface area contributed by atoms with Gasteiger partial charge in [0.25, 0.3) is 10.2 Å². The quantitative estimate of drug-likeness (QED) is 0.794. The van der Waals surface area contributed by atoms with Crippen LogP contribution in [-0.4, -0.2) is 38.9 Å². The van der Waals surface area contributed by atoms with Gasteiger partial charge in [-0.3, -0.25) is 0 Å². The maximum Gasteiger partial charge on any atom is 0.279 e. The van der Waals surface area contributed by atoms with E-state index >= 15 is 0 Å². The lowest BCUT2D eigenvalue weighted by Gasteiger charge is -2.31. The summed E-state index contributed by atoms with van der Waals surface area (Å²) in [6, 6.07) is 3.62. The molecule has 0 amide bonds. The summed E-state index contributed by atoms with van der Waals surface area (Å²) < 4.78 is 34.2. The molecule has 0 aliphatic carbocycles. The van der Waals surface area contributed by atoms with Crippen LogP contribution in [0.4, 0.5) is 0 Å². The summed E-state index contributed by atoms with van der Waals surface area (Å²) in [7, 11) is -3.43. The van der Waals surface area contributed by atoms with Gasteiger partial charge in [-0.2, -0.15) is 17.4 Å². The highest BCUT2D eigenvalue weighted by Gasteiger charge is 2.28. The van der Waals surface area contributed by atoms with E-state index in [1.165, 1.54) is 0 Å². The number of piperidine rings is 1. The monoisotopic (exact) mass is 315 g/mol. The van der Waals surface area contributed by atoms with Crippen LogP contribution in [0.15, 0.2) is 16.5 Å². The maximum absolute atomic E-state index is 12.3. The summed E-state index contributed by atoms with van der Waals surface area (Å²) in [6.45, 7) is 7.07. The first-order valence-electron chi connectivity index (χ1n) is 7.52. The number of furan rings is 1. The van der Waals surface area contributed by atoms with Gasteiger partial charge in [0, 0.05) is 13.1 Å². The molecule has 1 atom stereocenters. The lowest BCUT2D eigenvalue weighted by molar-refractivity contribution is 0.258. The Kier molecular flexibility index (Phi) is 5.80. The zero-order valence-electron chi connectivity index (χ0n) is 12.8. The Bertz CT molecular complexity index is 541. The predicted octanol–water partition coefficient (Wildman–Crippen LogP) is 1.24. The molecule has 0 saturated carbocycles. The second-order valence-electron chi connectivity index (χ2n) is 5.51. The average Bonchev–Trinajstić information content (AvgIpc) is 2.89. The fraction of sp³-hybridized carbons (Fsp3) is 0.714. The standard InChI is InChI=1S/C14H25N3O3S/c1-3-15-9-13-5-4-8-17(11-13)21(18,19)16-10-14-7-6-12(2)20-14/h6-7,13,15-16H,3-5,8-11H2,1-2H3. The highest BCUT2D eigenvalue weighted by molar-refractivity contribution is 7.87. The molecule has 21 heavy (non-hydrogen) atoms. The molecule has 1 saturated heterocycles. The van der Waals surface area contributed by atoms with E-state index in [0.717, 1.165) is 31.7 Å². The summed E-state index contributed by atoms with van der Waals surface area (Å²) >= 11 is 0. The third-order valence-electron chi connectivity index (χ3n) is 3.73. The third-order valence-corrected chi connectivity index (χ3v) is 5.25. The Hall–Kier alpha value is -0.890. The Morgan fingerprint density at radius 2 is 2.24 bits per heavy atom. The van der Waals surface area contributed by atoms with Gasteiger partial charge in [0.05, 0.1) is 6.54 Å². The molecule has 1 aromatic heterocycles. The molecule has 7 heteroatoms. The van der Waals surface area contributed by atoms with Crippen molar-refractivity contribution in [3.05, 3.63) is 23.7 Å². The van der Waals surface area contributed by atoms with Gasteiger partial charge in [-0.05, 0) is 50.9 Å². The molecule has 120 valence electrons. The van der Waals surface area contributed by atoms with E-state index in [2.05, 4.69) is 17.0 Å². The largest absolute Gasteiger partial charge is 0.465 e. The van der Waals surface area contributed by atoms with Crippen molar-refractivity contribution in [3.63, 3.8) is 0 Å². The Balaban J connectivity index is 1.89. The summed E-state index contributed by atoms with van der Waals surface area (Å²) in [5, 5.41) is 3.29. The van der Waals surface area contributed by atoms with E-state index in [1.54, 1.807) is 10.4 Å². The highest BCUT2D eigenvalue weighted by atomic mass is 32.2. The zero-order valence-corrected chi connectivity index (χ0v) is 13.6. The second kappa shape index (κ2) is 7.40. The van der Waals surface area contributed by atoms with Crippen LogP contribution in [0.3, 0.4) is 0 Å². The molecule has 0 aromatic carbocycles. The number of hydrogen-bond donors (Lipinski definition) is 2. The summed E-state index contributed by atoms with van der Waals surface area (Å²) in [4.78, 5) is 0. The minimum absolute atomic E-state index is 0.199. The molecular formula is C14H25N3O3S. The van der Waals surface area contributed by atoms with Crippen molar-refractivity contribution in [2.75, 3.05) is 26.2 Å². The maximum atomic E-state index is 12.3. The van der Waals surface area contributed by atoms with Crippen molar-refractivity contribution in [2.24, 2.45) is 5.92 Å². The first kappa shape index (κ1) is 16.5. The molecule has 1 unspecified atom stereocenters. The van der Waals surface area contributed by atoms with Crippen molar-refractivity contribution in [1.29, 1.82) is 0 Å². The predicted molar refractivity (Wildman–Crippen MR) is 82.0 cm³/mol. The van der Waals surface area contributed by atoms with Crippen LogP contribution in [0.5, 0.6) is 0 Å². The van der Waals surface area contributed by atoms with Crippen molar-refractivity contribution in [3.8, 4) is 0 Å². The first-order chi connectivity index (χ1) is 10.0. The number of nitrogens with zero attached hydrogens (tertiary/aromatic N) is 1. The van der Waals surface area contributed by atoms with Crippen LogP contribution in [0.1, 0.15) is 31.3 Å². The lowest BCUT2D eigenvalue weighted by atomic mass is 10.00. The molecule has 6 nitrogen and oxygen atoms in total. The molecule has 2 heterocycles. The summed E-state index contributed by atoms with van der Waals surface area (Å²) in [6.07, 6.45) is 1.99. The van der Waals surface area contributed by atoms with Crippen molar-refractivity contribution in [1.82, 2.24) is 14.3 Å². The van der Waals surface area contributed by atoms with Gasteiger partial charge in [-0.1, -0.05) is 6.92 Å². The van der Waals surface area contributed by atoms with E-state index in [4.69, 9.17) is 4.42 Å². The number of nitrogens with one attached hydrogen (secondary N) is 2. The van der Waals surface area contributed by atoms with Crippen LogP contribution in [-0.2, 0) is 16.8 Å². The second-order valence-corrected chi connectivity index (χ2v) is 7.27. The number of rotatable bonds is 7. The number of hydrogen-bond acceptors (Lipinski definition) is 4. The van der Waals surface area contributed by atoms with E-state index < -0.39 is 10.2 Å². The third kappa shape index (κ3) is 4.81. The smallest absolute Gasteiger partial charge is 0.279 e. The van der Waals surface area contributed by atoms with Gasteiger partial charge in [0.2, 0.25) is 0 Å². The normalized spacial score (nSPS) is 20.8. The van der Waals surface area contributed by atoms with Crippen LogP contribution in [0.25, 0.3) is 0 Å². The molecule has 2 rings (SSSR count). The van der Waals surface area contributed by atoms with E-state index in [0.29, 0.717) is 24.8 Å². The lowest BCUT2D eigenvalue weighted by Crippen LogP contribution is -2.47. The van der Waals surface area contributed by atoms with Crippen LogP contribution >= 0.6 is 0 Å². The summed E-state index contributed by atoms with van der Waals surface area (Å²) in [5.74, 6) is 1.81. The van der Waals surface area contributed by atoms with Gasteiger partial charge in [-0.25, -0.2) is 0 Å². The first-order valence-corrected chi connectivity index (χ1v) is 8.96. The van der Waals surface area contributed by atoms with E-state index in [-0.39, 0.29) is 6.54 Å². The molecule has 1 aliphatic heterocycles. The molecule has 2 N–H and O–H groups in total. The zero-order chi connectivity index (χ0) is 15.3. The highest BCUT2D eigenvalue weighted by Crippen LogP contribution is 2.18. The minimum atomic E-state index is -3.43. The van der Waals surface area contributed by atoms with Gasteiger partial charge in [0.1, 0.15) is 11.5 Å². The van der Waals surface area contributed by atoms with Crippen LogP contribution in [0, 0.1) is 12.8 Å². The van der Waals surface area contributed by atoms with Gasteiger partial charge in [-0.15, -0.1) is 0 Å². The van der Waals surface area contributed by atoms with Gasteiger partial charge < -0.3 is 9.73 Å². The van der Waals surface area contributed by atoms with E-state index in [9.17, 15) is 8.42 Å². The molecule has 0 radical (unpaired) electrons. The van der Waals surface area contributed by atoms with Crippen molar-refractivity contribution < 1.29 is 12.8 Å².